The van der Waals surface area contributed by atoms with Gasteiger partial charge in [0.15, 0.2) is 11.5 Å². The summed E-state index contributed by atoms with van der Waals surface area (Å²) < 4.78 is 0. The molecule has 0 fully saturated rings. The van der Waals surface area contributed by atoms with Gasteiger partial charge in [-0.25, -0.2) is 0 Å². The fourth-order valence-corrected chi connectivity index (χ4v) is 0.989. The Hall–Kier alpha value is -0.790. The summed E-state index contributed by atoms with van der Waals surface area (Å²) in [4.78, 5) is 10.7. The summed E-state index contributed by atoms with van der Waals surface area (Å²) in [5.41, 5.74) is 0.839. The Kier molecular flexibility index (Phi) is 1.56. The number of ketones is 1. The summed E-state index contributed by atoms with van der Waals surface area (Å²) in [6, 6.07) is 0. The Morgan fingerprint density at radius 2 is 2.11 bits per heavy atom. The van der Waals surface area contributed by atoms with Crippen LogP contribution in [0.3, 0.4) is 0 Å². The van der Waals surface area contributed by atoms with Crippen LogP contribution in [-0.2, 0) is 4.79 Å². The van der Waals surface area contributed by atoms with Crippen LogP contribution in [0.5, 0.6) is 0 Å². The van der Waals surface area contributed by atoms with E-state index in [-0.39, 0.29) is 11.5 Å². The number of hydrogen-bond donors (Lipinski definition) is 1. The van der Waals surface area contributed by atoms with E-state index < -0.39 is 0 Å². The largest absolute Gasteiger partial charge is 0.504 e. The molecule has 1 N–H and O–H groups in total. The van der Waals surface area contributed by atoms with E-state index in [1.54, 1.807) is 6.92 Å². The number of aliphatic hydroxyl groups excluding tert-OH is 1. The molecule has 0 aliphatic heterocycles. The van der Waals surface area contributed by atoms with Crippen molar-refractivity contribution in [3.8, 4) is 0 Å². The number of carbonyl (C=O) groups excluding carboxylic acids is 1. The van der Waals surface area contributed by atoms with Crippen LogP contribution in [0.4, 0.5) is 0 Å². The molecule has 2 heteroatoms. The smallest absolute Gasteiger partial charge is 0.197 e. The minimum Gasteiger partial charge on any atom is -0.504 e. The molecular formula is C7H10O2. The molecule has 1 aliphatic rings. The van der Waals surface area contributed by atoms with Crippen LogP contribution in [0.2, 0.25) is 0 Å². The van der Waals surface area contributed by atoms with Crippen LogP contribution in [0.25, 0.3) is 0 Å². The van der Waals surface area contributed by atoms with Gasteiger partial charge in [0.05, 0.1) is 0 Å². The monoisotopic (exact) mass is 126 g/mol. The van der Waals surface area contributed by atoms with E-state index in [4.69, 9.17) is 5.11 Å². The molecule has 50 valence electrons. The van der Waals surface area contributed by atoms with Crippen molar-refractivity contribution in [3.63, 3.8) is 0 Å². The molecule has 0 aromatic heterocycles. The molecule has 0 amide bonds. The van der Waals surface area contributed by atoms with E-state index in [2.05, 4.69) is 0 Å². The zero-order valence-electron chi connectivity index (χ0n) is 5.48. The van der Waals surface area contributed by atoms with Crippen molar-refractivity contribution in [1.29, 1.82) is 0 Å². The lowest BCUT2D eigenvalue weighted by Gasteiger charge is -2.09. The van der Waals surface area contributed by atoms with Crippen molar-refractivity contribution in [3.05, 3.63) is 11.3 Å². The van der Waals surface area contributed by atoms with Crippen LogP contribution < -0.4 is 0 Å². The normalized spacial score (nSPS) is 20.8. The summed E-state index contributed by atoms with van der Waals surface area (Å²) >= 11 is 0. The van der Waals surface area contributed by atoms with Crippen LogP contribution in [0, 0.1) is 0 Å². The first kappa shape index (κ1) is 6.33. The van der Waals surface area contributed by atoms with E-state index in [0.717, 1.165) is 18.4 Å². The van der Waals surface area contributed by atoms with E-state index in [0.29, 0.717) is 6.42 Å². The predicted octanol–water partition coefficient (Wildman–Crippen LogP) is 1.57. The first-order valence-corrected chi connectivity index (χ1v) is 3.13. The zero-order chi connectivity index (χ0) is 6.85. The molecule has 0 aromatic rings. The fourth-order valence-electron chi connectivity index (χ4n) is 0.989. The van der Waals surface area contributed by atoms with Crippen LogP contribution >= 0.6 is 0 Å². The number of Topliss-reactive ketones (excluding diaryl/α,β-unsaturated/α-hetero) is 1. The van der Waals surface area contributed by atoms with Gasteiger partial charge in [-0.3, -0.25) is 4.79 Å². The molecule has 1 aliphatic carbocycles. The summed E-state index contributed by atoms with van der Waals surface area (Å²) in [7, 11) is 0. The van der Waals surface area contributed by atoms with Crippen molar-refractivity contribution in [1.82, 2.24) is 0 Å². The SMILES string of the molecule is CC1=C(O)C(=O)CCC1. The number of aliphatic hydroxyl groups is 1. The topological polar surface area (TPSA) is 37.3 Å². The molecule has 0 heterocycles. The van der Waals surface area contributed by atoms with Gasteiger partial charge in [0.1, 0.15) is 0 Å². The second-order valence-electron chi connectivity index (χ2n) is 2.41. The van der Waals surface area contributed by atoms with E-state index in [9.17, 15) is 4.79 Å². The fraction of sp³-hybridized carbons (Fsp3) is 0.571. The Labute approximate surface area is 54.2 Å². The van der Waals surface area contributed by atoms with Crippen molar-refractivity contribution >= 4 is 5.78 Å². The Morgan fingerprint density at radius 1 is 1.44 bits per heavy atom. The average Bonchev–Trinajstić information content (AvgIpc) is 1.83. The quantitative estimate of drug-likeness (QED) is 0.535. The number of hydrogen-bond acceptors (Lipinski definition) is 2. The van der Waals surface area contributed by atoms with Gasteiger partial charge in [-0.2, -0.15) is 0 Å². The lowest BCUT2D eigenvalue weighted by Crippen LogP contribution is -2.09. The number of allylic oxidation sites excluding steroid dienone is 2. The van der Waals surface area contributed by atoms with Gasteiger partial charge in [0, 0.05) is 6.42 Å². The first-order valence-electron chi connectivity index (χ1n) is 3.13. The first-order chi connectivity index (χ1) is 4.22. The van der Waals surface area contributed by atoms with Crippen molar-refractivity contribution < 1.29 is 9.90 Å². The third-order valence-corrected chi connectivity index (χ3v) is 1.62. The van der Waals surface area contributed by atoms with Gasteiger partial charge in [0.2, 0.25) is 0 Å². The van der Waals surface area contributed by atoms with Gasteiger partial charge in [0.25, 0.3) is 0 Å². The molecule has 0 unspecified atom stereocenters. The second kappa shape index (κ2) is 2.21. The van der Waals surface area contributed by atoms with Gasteiger partial charge >= 0.3 is 0 Å². The summed E-state index contributed by atoms with van der Waals surface area (Å²) in [5, 5.41) is 8.98. The molecule has 0 atom stereocenters. The molecule has 2 nitrogen and oxygen atoms in total. The zero-order valence-corrected chi connectivity index (χ0v) is 5.48. The molecule has 1 rings (SSSR count). The maximum absolute atomic E-state index is 10.7. The molecular weight excluding hydrogens is 116 g/mol. The maximum Gasteiger partial charge on any atom is 0.197 e. The molecule has 9 heavy (non-hydrogen) atoms. The number of carbonyl (C=O) groups is 1. The Morgan fingerprint density at radius 3 is 2.56 bits per heavy atom. The highest BCUT2D eigenvalue weighted by Gasteiger charge is 2.15. The van der Waals surface area contributed by atoms with Crippen molar-refractivity contribution in [2.75, 3.05) is 0 Å². The van der Waals surface area contributed by atoms with Crippen molar-refractivity contribution in [2.24, 2.45) is 0 Å². The molecule has 0 aromatic carbocycles. The molecule has 0 saturated carbocycles. The summed E-state index contributed by atoms with van der Waals surface area (Å²) in [6.07, 6.45) is 2.29. The standard InChI is InChI=1S/C7H10O2/c1-5-3-2-4-6(8)7(5)9/h9H,2-4H2,1H3. The van der Waals surface area contributed by atoms with Gasteiger partial charge in [-0.1, -0.05) is 0 Å². The summed E-state index contributed by atoms with van der Waals surface area (Å²) in [6.45, 7) is 1.80. The predicted molar refractivity (Wildman–Crippen MR) is 34.2 cm³/mol. The Bertz CT molecular complexity index is 168. The highest BCUT2D eigenvalue weighted by molar-refractivity contribution is 5.94. The maximum atomic E-state index is 10.7. The minimum absolute atomic E-state index is 0.00116. The van der Waals surface area contributed by atoms with Crippen LogP contribution in [0.15, 0.2) is 11.3 Å². The average molecular weight is 126 g/mol. The van der Waals surface area contributed by atoms with E-state index in [1.807, 2.05) is 0 Å². The summed E-state index contributed by atoms with van der Waals surface area (Å²) in [5.74, 6) is -0.0972. The molecule has 0 bridgehead atoms. The molecule has 0 spiro atoms. The van der Waals surface area contributed by atoms with Gasteiger partial charge < -0.3 is 5.11 Å². The molecule has 0 radical (unpaired) electrons. The van der Waals surface area contributed by atoms with Gasteiger partial charge in [-0.05, 0) is 25.3 Å². The van der Waals surface area contributed by atoms with Crippen LogP contribution in [0.1, 0.15) is 26.2 Å². The van der Waals surface area contributed by atoms with E-state index >= 15 is 0 Å². The molecule has 0 saturated heterocycles. The second-order valence-corrected chi connectivity index (χ2v) is 2.41. The highest BCUT2D eigenvalue weighted by Crippen LogP contribution is 2.18. The number of rotatable bonds is 0. The lowest BCUT2D eigenvalue weighted by atomic mass is 9.98. The highest BCUT2D eigenvalue weighted by atomic mass is 16.3. The lowest BCUT2D eigenvalue weighted by molar-refractivity contribution is -0.118. The van der Waals surface area contributed by atoms with Crippen LogP contribution in [-0.4, -0.2) is 10.9 Å². The third-order valence-electron chi connectivity index (χ3n) is 1.62. The van der Waals surface area contributed by atoms with Gasteiger partial charge in [-0.15, -0.1) is 0 Å². The Balaban J connectivity index is 2.84. The van der Waals surface area contributed by atoms with Crippen molar-refractivity contribution in [2.45, 2.75) is 26.2 Å². The third kappa shape index (κ3) is 1.12. The van der Waals surface area contributed by atoms with E-state index in [1.165, 1.54) is 0 Å². The minimum atomic E-state index is -0.0984.